The molecule has 7 nitrogen and oxygen atoms in total. The number of hydrogen-bond donors (Lipinski definition) is 2. The standard InChI is InChI=1S/C22H20F3N3O4/c1-21(2,3)28-18(30)14-9-8-12(10-15(14)19(28)31)17(29)26-11-13-6-4-5-7-16(13)27-20(32)22(23,24)25/h4-10H,11H2,1-3H3,(H,26,29)(H,27,32). The first kappa shape index (κ1) is 23.0. The molecule has 10 heteroatoms. The van der Waals surface area contributed by atoms with Gasteiger partial charge < -0.3 is 10.6 Å². The largest absolute Gasteiger partial charge is 0.471 e. The van der Waals surface area contributed by atoms with Gasteiger partial charge in [0, 0.05) is 23.3 Å². The van der Waals surface area contributed by atoms with Gasteiger partial charge in [0.1, 0.15) is 0 Å². The molecule has 0 atom stereocenters. The predicted molar refractivity (Wildman–Crippen MR) is 109 cm³/mol. The Morgan fingerprint density at radius 3 is 2.19 bits per heavy atom. The van der Waals surface area contributed by atoms with Crippen LogP contribution in [0.5, 0.6) is 0 Å². The second-order valence-corrected chi connectivity index (χ2v) is 8.17. The molecule has 2 N–H and O–H groups in total. The number of rotatable bonds is 4. The highest BCUT2D eigenvalue weighted by Gasteiger charge is 2.42. The topological polar surface area (TPSA) is 95.6 Å². The van der Waals surface area contributed by atoms with E-state index in [1.54, 1.807) is 32.2 Å². The highest BCUT2D eigenvalue weighted by molar-refractivity contribution is 6.22. The third kappa shape index (κ3) is 4.48. The molecule has 0 spiro atoms. The molecule has 0 radical (unpaired) electrons. The number of halogens is 3. The lowest BCUT2D eigenvalue weighted by Gasteiger charge is -2.29. The fourth-order valence-corrected chi connectivity index (χ4v) is 3.26. The van der Waals surface area contributed by atoms with Crippen molar-refractivity contribution in [3.05, 3.63) is 64.7 Å². The summed E-state index contributed by atoms with van der Waals surface area (Å²) in [6.45, 7) is 4.98. The van der Waals surface area contributed by atoms with Gasteiger partial charge in [-0.25, -0.2) is 0 Å². The minimum atomic E-state index is -5.05. The van der Waals surface area contributed by atoms with Crippen molar-refractivity contribution < 1.29 is 32.3 Å². The number of nitrogens with one attached hydrogen (secondary N) is 2. The van der Waals surface area contributed by atoms with Crippen LogP contribution in [0.3, 0.4) is 0 Å². The molecule has 0 saturated heterocycles. The Bertz CT molecular complexity index is 1120. The predicted octanol–water partition coefficient (Wildman–Crippen LogP) is 3.51. The summed E-state index contributed by atoms with van der Waals surface area (Å²) in [7, 11) is 0. The van der Waals surface area contributed by atoms with Gasteiger partial charge in [0.05, 0.1) is 11.1 Å². The number of hydrogen-bond acceptors (Lipinski definition) is 4. The van der Waals surface area contributed by atoms with Crippen LogP contribution in [0, 0.1) is 0 Å². The molecule has 0 bridgehead atoms. The maximum absolute atomic E-state index is 12.7. The van der Waals surface area contributed by atoms with Crippen molar-refractivity contribution in [3.63, 3.8) is 0 Å². The average molecular weight is 447 g/mol. The number of nitrogens with zero attached hydrogens (tertiary/aromatic N) is 1. The summed E-state index contributed by atoms with van der Waals surface area (Å²) in [4.78, 5) is 50.1. The molecule has 1 aliphatic rings. The third-order valence-electron chi connectivity index (χ3n) is 4.78. The molecule has 1 aliphatic heterocycles. The van der Waals surface area contributed by atoms with Gasteiger partial charge >= 0.3 is 12.1 Å². The van der Waals surface area contributed by atoms with Gasteiger partial charge in [-0.2, -0.15) is 13.2 Å². The van der Waals surface area contributed by atoms with E-state index < -0.39 is 35.3 Å². The van der Waals surface area contributed by atoms with Gasteiger partial charge in [0.25, 0.3) is 17.7 Å². The summed E-state index contributed by atoms with van der Waals surface area (Å²) in [5.74, 6) is -3.67. The zero-order valence-corrected chi connectivity index (χ0v) is 17.5. The molecule has 1 heterocycles. The van der Waals surface area contributed by atoms with Gasteiger partial charge in [0.2, 0.25) is 0 Å². The number of carbonyl (C=O) groups is 4. The molecule has 0 saturated carbocycles. The van der Waals surface area contributed by atoms with Crippen LogP contribution in [0.4, 0.5) is 18.9 Å². The summed E-state index contributed by atoms with van der Waals surface area (Å²) in [6.07, 6.45) is -5.05. The molecular weight excluding hydrogens is 427 g/mol. The molecule has 0 aromatic heterocycles. The van der Waals surface area contributed by atoms with Crippen LogP contribution in [0.15, 0.2) is 42.5 Å². The smallest absolute Gasteiger partial charge is 0.348 e. The number of amides is 4. The van der Waals surface area contributed by atoms with Crippen LogP contribution in [0.2, 0.25) is 0 Å². The zero-order chi connectivity index (χ0) is 23.8. The first-order valence-corrected chi connectivity index (χ1v) is 9.58. The monoisotopic (exact) mass is 447 g/mol. The maximum Gasteiger partial charge on any atom is 0.471 e. The number of anilines is 1. The maximum atomic E-state index is 12.7. The van der Waals surface area contributed by atoms with Crippen molar-refractivity contribution in [2.24, 2.45) is 0 Å². The molecule has 2 aromatic rings. The minimum Gasteiger partial charge on any atom is -0.348 e. The Hall–Kier alpha value is -3.69. The van der Waals surface area contributed by atoms with Crippen molar-refractivity contribution in [1.29, 1.82) is 0 Å². The van der Waals surface area contributed by atoms with Crippen LogP contribution in [-0.2, 0) is 11.3 Å². The summed E-state index contributed by atoms with van der Waals surface area (Å²) >= 11 is 0. The van der Waals surface area contributed by atoms with Gasteiger partial charge in [-0.1, -0.05) is 18.2 Å². The number of para-hydroxylation sites is 1. The van der Waals surface area contributed by atoms with Crippen molar-refractivity contribution in [2.75, 3.05) is 5.32 Å². The Labute approximate surface area is 181 Å². The Morgan fingerprint density at radius 1 is 0.938 bits per heavy atom. The minimum absolute atomic E-state index is 0.0920. The quantitative estimate of drug-likeness (QED) is 0.702. The van der Waals surface area contributed by atoms with E-state index in [0.29, 0.717) is 0 Å². The lowest BCUT2D eigenvalue weighted by atomic mass is 10.1. The van der Waals surface area contributed by atoms with E-state index in [1.165, 1.54) is 36.4 Å². The fraction of sp³-hybridized carbons (Fsp3) is 0.273. The first-order chi connectivity index (χ1) is 14.8. The van der Waals surface area contributed by atoms with E-state index in [4.69, 9.17) is 0 Å². The molecule has 2 aromatic carbocycles. The molecule has 3 rings (SSSR count). The van der Waals surface area contributed by atoms with Gasteiger partial charge in [-0.3, -0.25) is 24.1 Å². The summed E-state index contributed by atoms with van der Waals surface area (Å²) in [5, 5.41) is 4.32. The number of fused-ring (bicyclic) bond motifs is 1. The summed E-state index contributed by atoms with van der Waals surface area (Å²) in [6, 6.07) is 9.84. The van der Waals surface area contributed by atoms with E-state index >= 15 is 0 Å². The number of benzene rings is 2. The Kier molecular flexibility index (Phi) is 5.82. The number of carbonyl (C=O) groups excluding carboxylic acids is 4. The fourth-order valence-electron chi connectivity index (χ4n) is 3.26. The first-order valence-electron chi connectivity index (χ1n) is 9.58. The van der Waals surface area contributed by atoms with E-state index in [9.17, 15) is 32.3 Å². The van der Waals surface area contributed by atoms with Crippen LogP contribution in [0.1, 0.15) is 57.4 Å². The molecule has 32 heavy (non-hydrogen) atoms. The van der Waals surface area contributed by atoms with E-state index in [2.05, 4.69) is 5.32 Å². The summed E-state index contributed by atoms with van der Waals surface area (Å²) < 4.78 is 37.6. The van der Waals surface area contributed by atoms with Crippen molar-refractivity contribution in [3.8, 4) is 0 Å². The Morgan fingerprint density at radius 2 is 1.56 bits per heavy atom. The van der Waals surface area contributed by atoms with Crippen LogP contribution in [0.25, 0.3) is 0 Å². The van der Waals surface area contributed by atoms with E-state index in [0.717, 1.165) is 4.90 Å². The molecule has 168 valence electrons. The highest BCUT2D eigenvalue weighted by Crippen LogP contribution is 2.30. The zero-order valence-electron chi connectivity index (χ0n) is 17.5. The number of imide groups is 1. The van der Waals surface area contributed by atoms with Crippen LogP contribution >= 0.6 is 0 Å². The number of alkyl halides is 3. The molecule has 0 fully saturated rings. The SMILES string of the molecule is CC(C)(C)N1C(=O)c2ccc(C(=O)NCc3ccccc3NC(=O)C(F)(F)F)cc2C1=O. The molecular formula is C22H20F3N3O4. The molecule has 0 aliphatic carbocycles. The molecule has 4 amide bonds. The van der Waals surface area contributed by atoms with Crippen LogP contribution in [-0.4, -0.2) is 40.2 Å². The lowest BCUT2D eigenvalue weighted by Crippen LogP contribution is -2.45. The van der Waals surface area contributed by atoms with Gasteiger partial charge in [0.15, 0.2) is 0 Å². The van der Waals surface area contributed by atoms with Gasteiger partial charge in [-0.05, 0) is 50.6 Å². The van der Waals surface area contributed by atoms with Crippen molar-refractivity contribution >= 4 is 29.3 Å². The van der Waals surface area contributed by atoms with Gasteiger partial charge in [-0.15, -0.1) is 0 Å². The normalized spacial score (nSPS) is 13.8. The van der Waals surface area contributed by atoms with E-state index in [-0.39, 0.29) is 34.5 Å². The van der Waals surface area contributed by atoms with E-state index in [1.807, 2.05) is 0 Å². The lowest BCUT2D eigenvalue weighted by molar-refractivity contribution is -0.167. The highest BCUT2D eigenvalue weighted by atomic mass is 19.4. The van der Waals surface area contributed by atoms with Crippen molar-refractivity contribution in [1.82, 2.24) is 10.2 Å². The second kappa shape index (κ2) is 8.10. The second-order valence-electron chi connectivity index (χ2n) is 8.17. The Balaban J connectivity index is 1.76. The summed E-state index contributed by atoms with van der Waals surface area (Å²) in [5.41, 5.74) is -0.162. The van der Waals surface area contributed by atoms with Crippen LogP contribution < -0.4 is 10.6 Å². The molecule has 0 unspecified atom stereocenters. The average Bonchev–Trinajstić information content (AvgIpc) is 2.96. The third-order valence-corrected chi connectivity index (χ3v) is 4.78. The van der Waals surface area contributed by atoms with Crippen molar-refractivity contribution in [2.45, 2.75) is 39.0 Å².